The molecule has 0 aliphatic heterocycles. The maximum Gasteiger partial charge on any atom is 0.254 e. The normalized spacial score (nSPS) is 10.3. The number of ether oxygens (including phenoxy) is 2. The third-order valence-electron chi connectivity index (χ3n) is 4.19. The van der Waals surface area contributed by atoms with E-state index in [1.807, 2.05) is 32.0 Å². The minimum Gasteiger partial charge on any atom is -0.496 e. The van der Waals surface area contributed by atoms with Crippen LogP contribution >= 0.6 is 15.9 Å². The van der Waals surface area contributed by atoms with Gasteiger partial charge >= 0.3 is 0 Å². The van der Waals surface area contributed by atoms with Crippen LogP contribution in [-0.2, 0) is 4.79 Å². The Balaban J connectivity index is 2.12. The molecule has 0 aromatic heterocycles. The van der Waals surface area contributed by atoms with Gasteiger partial charge in [-0.05, 0) is 49.7 Å². The van der Waals surface area contributed by atoms with E-state index in [1.165, 1.54) is 19.1 Å². The highest BCUT2D eigenvalue weighted by molar-refractivity contribution is 9.10. The Morgan fingerprint density at radius 2 is 1.67 bits per heavy atom. The number of amides is 2. The van der Waals surface area contributed by atoms with Crippen LogP contribution in [0.2, 0.25) is 0 Å². The summed E-state index contributed by atoms with van der Waals surface area (Å²) in [5.41, 5.74) is 2.84. The van der Waals surface area contributed by atoms with E-state index in [9.17, 15) is 9.59 Å². The number of hydrogen-bond acceptors (Lipinski definition) is 4. The summed E-state index contributed by atoms with van der Waals surface area (Å²) < 4.78 is 11.6. The van der Waals surface area contributed by atoms with Crippen LogP contribution in [0.1, 0.15) is 21.5 Å². The molecule has 0 radical (unpaired) electrons. The van der Waals surface area contributed by atoms with Crippen molar-refractivity contribution in [3.63, 3.8) is 0 Å². The number of halogens is 1. The lowest BCUT2D eigenvalue weighted by Crippen LogP contribution is -2.35. The molecule has 2 aromatic carbocycles. The number of nitrogens with zero attached hydrogens (tertiary/aromatic N) is 1. The van der Waals surface area contributed by atoms with Gasteiger partial charge in [-0.25, -0.2) is 0 Å². The monoisotopic (exact) mass is 434 g/mol. The van der Waals surface area contributed by atoms with Crippen LogP contribution in [-0.4, -0.2) is 44.5 Å². The molecular formula is C20H23BrN2O4. The molecule has 0 saturated heterocycles. The number of rotatable bonds is 6. The molecular weight excluding hydrogens is 412 g/mol. The molecule has 27 heavy (non-hydrogen) atoms. The zero-order valence-electron chi connectivity index (χ0n) is 16.1. The fourth-order valence-corrected chi connectivity index (χ4v) is 3.15. The molecule has 0 unspecified atom stereocenters. The van der Waals surface area contributed by atoms with Gasteiger partial charge in [0.1, 0.15) is 11.5 Å². The SMILES string of the molecule is COc1cc(C(=O)N(C)CC(=O)Nc2ccc(Br)cc2C)cc(OC)c1C. The summed E-state index contributed by atoms with van der Waals surface area (Å²) in [6, 6.07) is 8.87. The molecule has 0 atom stereocenters. The summed E-state index contributed by atoms with van der Waals surface area (Å²) in [4.78, 5) is 26.4. The second-order valence-corrected chi connectivity index (χ2v) is 7.09. The maximum atomic E-state index is 12.7. The molecule has 144 valence electrons. The van der Waals surface area contributed by atoms with Crippen LogP contribution in [0, 0.1) is 13.8 Å². The molecule has 0 fully saturated rings. The number of aryl methyl sites for hydroxylation is 1. The summed E-state index contributed by atoms with van der Waals surface area (Å²) in [6.07, 6.45) is 0. The summed E-state index contributed by atoms with van der Waals surface area (Å²) in [5, 5.41) is 2.83. The summed E-state index contributed by atoms with van der Waals surface area (Å²) in [7, 11) is 4.65. The summed E-state index contributed by atoms with van der Waals surface area (Å²) in [5.74, 6) is 0.540. The van der Waals surface area contributed by atoms with Crippen LogP contribution in [0.5, 0.6) is 11.5 Å². The molecule has 0 aliphatic rings. The molecule has 0 spiro atoms. The van der Waals surface area contributed by atoms with Crippen molar-refractivity contribution in [3.05, 3.63) is 51.5 Å². The predicted octanol–water partition coefficient (Wildman–Crippen LogP) is 3.79. The zero-order valence-corrected chi connectivity index (χ0v) is 17.6. The largest absolute Gasteiger partial charge is 0.496 e. The highest BCUT2D eigenvalue weighted by atomic mass is 79.9. The van der Waals surface area contributed by atoms with Crippen molar-refractivity contribution in [2.24, 2.45) is 0 Å². The van der Waals surface area contributed by atoms with Crippen molar-refractivity contribution in [2.75, 3.05) is 33.1 Å². The van der Waals surface area contributed by atoms with Crippen LogP contribution < -0.4 is 14.8 Å². The van der Waals surface area contributed by atoms with E-state index < -0.39 is 0 Å². The van der Waals surface area contributed by atoms with Crippen molar-refractivity contribution in [3.8, 4) is 11.5 Å². The highest BCUT2D eigenvalue weighted by Gasteiger charge is 2.19. The van der Waals surface area contributed by atoms with Crippen LogP contribution in [0.3, 0.4) is 0 Å². The molecule has 1 N–H and O–H groups in total. The van der Waals surface area contributed by atoms with Gasteiger partial charge in [-0.15, -0.1) is 0 Å². The molecule has 2 aromatic rings. The molecule has 0 bridgehead atoms. The van der Waals surface area contributed by atoms with Gasteiger partial charge in [0, 0.05) is 28.3 Å². The fraction of sp³-hybridized carbons (Fsp3) is 0.300. The molecule has 0 heterocycles. The topological polar surface area (TPSA) is 67.9 Å². The van der Waals surface area contributed by atoms with Gasteiger partial charge in [-0.2, -0.15) is 0 Å². The Kier molecular flexibility index (Phi) is 6.85. The van der Waals surface area contributed by atoms with Gasteiger partial charge in [0.05, 0.1) is 20.8 Å². The Bertz CT molecular complexity index is 842. The van der Waals surface area contributed by atoms with E-state index in [4.69, 9.17) is 9.47 Å². The number of anilines is 1. The number of nitrogens with one attached hydrogen (secondary N) is 1. The van der Waals surface area contributed by atoms with Gasteiger partial charge in [-0.3, -0.25) is 9.59 Å². The number of carbonyl (C=O) groups is 2. The van der Waals surface area contributed by atoms with Crippen LogP contribution in [0.25, 0.3) is 0 Å². The second kappa shape index (κ2) is 8.90. The predicted molar refractivity (Wildman–Crippen MR) is 109 cm³/mol. The Morgan fingerprint density at radius 3 is 2.19 bits per heavy atom. The third kappa shape index (κ3) is 5.01. The lowest BCUT2D eigenvalue weighted by molar-refractivity contribution is -0.116. The standard InChI is InChI=1S/C20H23BrN2O4/c1-12-8-15(21)6-7-16(12)22-19(24)11-23(3)20(25)14-9-17(26-4)13(2)18(10-14)27-5/h6-10H,11H2,1-5H3,(H,22,24). The van der Waals surface area contributed by atoms with Gasteiger partial charge in [0.15, 0.2) is 0 Å². The minimum atomic E-state index is -0.297. The van der Waals surface area contributed by atoms with Gasteiger partial charge in [-0.1, -0.05) is 15.9 Å². The molecule has 2 amide bonds. The Hall–Kier alpha value is -2.54. The van der Waals surface area contributed by atoms with Crippen molar-refractivity contribution < 1.29 is 19.1 Å². The maximum absolute atomic E-state index is 12.7. The van der Waals surface area contributed by atoms with E-state index in [0.717, 1.165) is 15.6 Å². The van der Waals surface area contributed by atoms with E-state index in [1.54, 1.807) is 19.2 Å². The smallest absolute Gasteiger partial charge is 0.254 e. The van der Waals surface area contributed by atoms with Gasteiger partial charge in [0.25, 0.3) is 5.91 Å². The van der Waals surface area contributed by atoms with Crippen LogP contribution in [0.4, 0.5) is 5.69 Å². The lowest BCUT2D eigenvalue weighted by atomic mass is 10.1. The van der Waals surface area contributed by atoms with Crippen molar-refractivity contribution >= 4 is 33.4 Å². The molecule has 0 aliphatic carbocycles. The first-order chi connectivity index (χ1) is 12.8. The number of likely N-dealkylation sites (N-methyl/N-ethyl adjacent to an activating group) is 1. The highest BCUT2D eigenvalue weighted by Crippen LogP contribution is 2.30. The van der Waals surface area contributed by atoms with Crippen molar-refractivity contribution in [2.45, 2.75) is 13.8 Å². The van der Waals surface area contributed by atoms with Gasteiger partial charge in [0.2, 0.25) is 5.91 Å². The van der Waals surface area contributed by atoms with Crippen molar-refractivity contribution in [1.29, 1.82) is 0 Å². The average molecular weight is 435 g/mol. The van der Waals surface area contributed by atoms with Gasteiger partial charge < -0.3 is 19.7 Å². The van der Waals surface area contributed by atoms with Crippen LogP contribution in [0.15, 0.2) is 34.8 Å². The number of methoxy groups -OCH3 is 2. The lowest BCUT2D eigenvalue weighted by Gasteiger charge is -2.19. The van der Waals surface area contributed by atoms with Crippen molar-refractivity contribution in [1.82, 2.24) is 4.90 Å². The molecule has 0 saturated carbocycles. The number of benzene rings is 2. The average Bonchev–Trinajstić information content (AvgIpc) is 2.63. The number of carbonyl (C=O) groups excluding carboxylic acids is 2. The Labute approximate surface area is 167 Å². The summed E-state index contributed by atoms with van der Waals surface area (Å²) >= 11 is 3.39. The minimum absolute atomic E-state index is 0.0765. The fourth-order valence-electron chi connectivity index (χ4n) is 2.67. The molecule has 7 heteroatoms. The second-order valence-electron chi connectivity index (χ2n) is 6.17. The van der Waals surface area contributed by atoms with E-state index in [-0.39, 0.29) is 18.4 Å². The van der Waals surface area contributed by atoms with E-state index in [0.29, 0.717) is 22.7 Å². The van der Waals surface area contributed by atoms with E-state index in [2.05, 4.69) is 21.2 Å². The first-order valence-corrected chi connectivity index (χ1v) is 9.10. The Morgan fingerprint density at radius 1 is 1.07 bits per heavy atom. The number of hydrogen-bond donors (Lipinski definition) is 1. The van der Waals surface area contributed by atoms with E-state index >= 15 is 0 Å². The summed E-state index contributed by atoms with van der Waals surface area (Å²) in [6.45, 7) is 3.68. The third-order valence-corrected chi connectivity index (χ3v) is 4.68. The zero-order chi connectivity index (χ0) is 20.1. The molecule has 6 nitrogen and oxygen atoms in total. The first-order valence-electron chi connectivity index (χ1n) is 8.31. The quantitative estimate of drug-likeness (QED) is 0.750. The molecule has 2 rings (SSSR count). The first kappa shape index (κ1) is 20.8.